The fourth-order valence-corrected chi connectivity index (χ4v) is 2.10. The van der Waals surface area contributed by atoms with Crippen LogP contribution in [0.5, 0.6) is 0 Å². The molecule has 1 aliphatic rings. The van der Waals surface area contributed by atoms with E-state index in [1.165, 1.54) is 6.07 Å². The van der Waals surface area contributed by atoms with Crippen molar-refractivity contribution in [2.24, 2.45) is 0 Å². The van der Waals surface area contributed by atoms with Crippen molar-refractivity contribution in [3.8, 4) is 0 Å². The Morgan fingerprint density at radius 1 is 1.45 bits per heavy atom. The van der Waals surface area contributed by atoms with Gasteiger partial charge in [0.05, 0.1) is 6.54 Å². The van der Waals surface area contributed by atoms with Crippen LogP contribution in [0.25, 0.3) is 0 Å². The molecule has 1 saturated heterocycles. The number of hydrogen-bond donors (Lipinski definition) is 2. The maximum Gasteiger partial charge on any atom is 0.371 e. The van der Waals surface area contributed by atoms with Gasteiger partial charge in [-0.2, -0.15) is 0 Å². The third-order valence-corrected chi connectivity index (χ3v) is 3.53. The molecule has 0 saturated carbocycles. The number of nitrogens with one attached hydrogen (secondary N) is 1. The van der Waals surface area contributed by atoms with Gasteiger partial charge in [0.2, 0.25) is 5.76 Å². The van der Waals surface area contributed by atoms with Gasteiger partial charge in [0.15, 0.2) is 0 Å². The van der Waals surface area contributed by atoms with Gasteiger partial charge >= 0.3 is 12.0 Å². The molecule has 2 rings (SSSR count). The second-order valence-corrected chi connectivity index (χ2v) is 5.01. The Kier molecular flexibility index (Phi) is 4.29. The van der Waals surface area contributed by atoms with E-state index in [-0.39, 0.29) is 18.3 Å². The van der Waals surface area contributed by atoms with Crippen LogP contribution in [0, 0.1) is 0 Å². The SMILES string of the molecule is CC1CN(C(=O)NCc2ccc(C(=O)O)o2)CCN1C. The van der Waals surface area contributed by atoms with Crippen molar-refractivity contribution in [1.82, 2.24) is 15.1 Å². The molecule has 1 aromatic heterocycles. The van der Waals surface area contributed by atoms with Crippen molar-refractivity contribution in [1.29, 1.82) is 0 Å². The molecule has 1 aromatic rings. The summed E-state index contributed by atoms with van der Waals surface area (Å²) in [6.45, 7) is 4.47. The summed E-state index contributed by atoms with van der Waals surface area (Å²) in [6, 6.07) is 3.10. The number of carbonyl (C=O) groups is 2. The highest BCUT2D eigenvalue weighted by Crippen LogP contribution is 2.09. The zero-order valence-corrected chi connectivity index (χ0v) is 11.6. The fraction of sp³-hybridized carbons (Fsp3) is 0.538. The van der Waals surface area contributed by atoms with Crippen LogP contribution < -0.4 is 5.32 Å². The van der Waals surface area contributed by atoms with E-state index in [2.05, 4.69) is 17.1 Å². The average Bonchev–Trinajstić information content (AvgIpc) is 2.88. The van der Waals surface area contributed by atoms with E-state index in [0.717, 1.165) is 6.54 Å². The summed E-state index contributed by atoms with van der Waals surface area (Å²) < 4.78 is 5.08. The largest absolute Gasteiger partial charge is 0.475 e. The molecular formula is C13H19N3O4. The number of amides is 2. The van der Waals surface area contributed by atoms with Crippen LogP contribution in [-0.4, -0.2) is 59.6 Å². The van der Waals surface area contributed by atoms with Gasteiger partial charge in [-0.1, -0.05) is 0 Å². The second kappa shape index (κ2) is 5.96. The first-order valence-corrected chi connectivity index (χ1v) is 6.52. The van der Waals surface area contributed by atoms with Gasteiger partial charge in [0, 0.05) is 25.7 Å². The molecule has 1 fully saturated rings. The number of carboxylic acid groups (broad SMARTS) is 1. The Morgan fingerprint density at radius 2 is 2.20 bits per heavy atom. The van der Waals surface area contributed by atoms with Crippen molar-refractivity contribution in [3.63, 3.8) is 0 Å². The summed E-state index contributed by atoms with van der Waals surface area (Å²) in [6.07, 6.45) is 0. The molecule has 0 radical (unpaired) electrons. The lowest BCUT2D eigenvalue weighted by molar-refractivity contribution is 0.0660. The number of furan rings is 1. The summed E-state index contributed by atoms with van der Waals surface area (Å²) in [5.74, 6) is -0.809. The molecule has 0 bridgehead atoms. The second-order valence-electron chi connectivity index (χ2n) is 5.01. The Bertz CT molecular complexity index is 500. The number of piperazine rings is 1. The Morgan fingerprint density at radius 3 is 2.80 bits per heavy atom. The number of aromatic carboxylic acids is 1. The minimum atomic E-state index is -1.12. The first-order valence-electron chi connectivity index (χ1n) is 6.52. The smallest absolute Gasteiger partial charge is 0.371 e. The van der Waals surface area contributed by atoms with Crippen LogP contribution >= 0.6 is 0 Å². The Labute approximate surface area is 117 Å². The van der Waals surface area contributed by atoms with E-state index in [1.807, 2.05) is 7.05 Å². The molecule has 0 spiro atoms. The van der Waals surface area contributed by atoms with E-state index < -0.39 is 5.97 Å². The van der Waals surface area contributed by atoms with Gasteiger partial charge < -0.3 is 24.6 Å². The Balaban J connectivity index is 1.84. The monoisotopic (exact) mass is 281 g/mol. The van der Waals surface area contributed by atoms with Gasteiger partial charge in [-0.05, 0) is 26.1 Å². The van der Waals surface area contributed by atoms with Crippen LogP contribution in [0.15, 0.2) is 16.5 Å². The van der Waals surface area contributed by atoms with Gasteiger partial charge in [-0.3, -0.25) is 0 Å². The summed E-state index contributed by atoms with van der Waals surface area (Å²) in [5, 5.41) is 11.5. The van der Waals surface area contributed by atoms with Crippen LogP contribution in [0.4, 0.5) is 4.79 Å². The van der Waals surface area contributed by atoms with Crippen LogP contribution in [0.3, 0.4) is 0 Å². The summed E-state index contributed by atoms with van der Waals surface area (Å²) >= 11 is 0. The number of hydrogen-bond acceptors (Lipinski definition) is 4. The zero-order valence-electron chi connectivity index (χ0n) is 11.6. The van der Waals surface area contributed by atoms with E-state index in [0.29, 0.717) is 24.9 Å². The summed E-state index contributed by atoms with van der Waals surface area (Å²) in [4.78, 5) is 26.6. The highest BCUT2D eigenvalue weighted by Gasteiger charge is 2.24. The minimum absolute atomic E-state index is 0.123. The van der Waals surface area contributed by atoms with Crippen molar-refractivity contribution in [2.45, 2.75) is 19.5 Å². The first-order chi connectivity index (χ1) is 9.47. The highest BCUT2D eigenvalue weighted by molar-refractivity contribution is 5.84. The molecule has 2 N–H and O–H groups in total. The van der Waals surface area contributed by atoms with Crippen LogP contribution in [0.1, 0.15) is 23.2 Å². The van der Waals surface area contributed by atoms with E-state index >= 15 is 0 Å². The summed E-state index contributed by atoms with van der Waals surface area (Å²) in [5.41, 5.74) is 0. The molecule has 7 nitrogen and oxygen atoms in total. The van der Waals surface area contributed by atoms with Gasteiger partial charge in [-0.15, -0.1) is 0 Å². The van der Waals surface area contributed by atoms with Crippen LogP contribution in [-0.2, 0) is 6.54 Å². The standard InChI is InChI=1S/C13H19N3O4/c1-9-8-16(6-5-15(9)2)13(19)14-7-10-3-4-11(20-10)12(17)18/h3-4,9H,5-8H2,1-2H3,(H,14,19)(H,17,18). The lowest BCUT2D eigenvalue weighted by Crippen LogP contribution is -2.54. The molecule has 1 unspecified atom stereocenters. The molecular weight excluding hydrogens is 262 g/mol. The van der Waals surface area contributed by atoms with Gasteiger partial charge in [-0.25, -0.2) is 9.59 Å². The molecule has 2 heterocycles. The van der Waals surface area contributed by atoms with Crippen molar-refractivity contribution in [3.05, 3.63) is 23.7 Å². The molecule has 1 atom stereocenters. The maximum atomic E-state index is 12.0. The lowest BCUT2D eigenvalue weighted by atomic mass is 10.2. The average molecular weight is 281 g/mol. The van der Waals surface area contributed by atoms with E-state index in [9.17, 15) is 9.59 Å². The third kappa shape index (κ3) is 3.30. The Hall–Kier alpha value is -2.02. The molecule has 0 aromatic carbocycles. The first kappa shape index (κ1) is 14.4. The molecule has 110 valence electrons. The number of urea groups is 1. The topological polar surface area (TPSA) is 86.0 Å². The molecule has 2 amide bonds. The van der Waals surface area contributed by atoms with Crippen molar-refractivity contribution < 1.29 is 19.1 Å². The third-order valence-electron chi connectivity index (χ3n) is 3.53. The van der Waals surface area contributed by atoms with Crippen LogP contribution in [0.2, 0.25) is 0 Å². The highest BCUT2D eigenvalue weighted by atomic mass is 16.4. The van der Waals surface area contributed by atoms with Crippen molar-refractivity contribution in [2.75, 3.05) is 26.7 Å². The molecule has 0 aliphatic carbocycles. The molecule has 1 aliphatic heterocycles. The maximum absolute atomic E-state index is 12.0. The predicted octanol–water partition coefficient (Wildman–Crippen LogP) is 0.823. The van der Waals surface area contributed by atoms with E-state index in [1.54, 1.807) is 11.0 Å². The number of nitrogens with zero attached hydrogens (tertiary/aromatic N) is 2. The normalized spacial score (nSPS) is 19.9. The lowest BCUT2D eigenvalue weighted by Gasteiger charge is -2.37. The van der Waals surface area contributed by atoms with Crippen molar-refractivity contribution >= 4 is 12.0 Å². The zero-order chi connectivity index (χ0) is 14.7. The van der Waals surface area contributed by atoms with Gasteiger partial charge in [0.1, 0.15) is 5.76 Å². The molecule has 20 heavy (non-hydrogen) atoms. The summed E-state index contributed by atoms with van der Waals surface area (Å²) in [7, 11) is 2.04. The number of carboxylic acids is 1. The number of rotatable bonds is 3. The minimum Gasteiger partial charge on any atom is -0.475 e. The number of likely N-dealkylation sites (N-methyl/N-ethyl adjacent to an activating group) is 1. The predicted molar refractivity (Wildman–Crippen MR) is 71.6 cm³/mol. The van der Waals surface area contributed by atoms with Gasteiger partial charge in [0.25, 0.3) is 0 Å². The number of carbonyl (C=O) groups excluding carboxylic acids is 1. The van der Waals surface area contributed by atoms with E-state index in [4.69, 9.17) is 9.52 Å². The quantitative estimate of drug-likeness (QED) is 0.856. The fourth-order valence-electron chi connectivity index (χ4n) is 2.10. The molecule has 7 heteroatoms.